The van der Waals surface area contributed by atoms with Crippen molar-refractivity contribution in [2.45, 2.75) is 19.1 Å². The maximum atomic E-state index is 12.8. The molecular formula is C25H24BrN5O5. The molecule has 3 aromatic rings. The first-order valence-corrected chi connectivity index (χ1v) is 11.5. The normalized spacial score (nSPS) is 11.4. The highest BCUT2D eigenvalue weighted by Crippen LogP contribution is 2.36. The average molecular weight is 554 g/mol. The molecule has 0 aliphatic rings. The van der Waals surface area contributed by atoms with Gasteiger partial charge < -0.3 is 24.5 Å². The molecule has 0 fully saturated rings. The molecule has 3 rings (SSSR count). The molecule has 0 saturated carbocycles. The van der Waals surface area contributed by atoms with Gasteiger partial charge in [0.15, 0.2) is 11.5 Å². The number of rotatable bonds is 11. The van der Waals surface area contributed by atoms with Crippen molar-refractivity contribution in [1.29, 1.82) is 0 Å². The Labute approximate surface area is 216 Å². The lowest BCUT2D eigenvalue weighted by atomic mass is 10.1. The maximum Gasteiger partial charge on any atom is 0.408 e. The second-order valence-electron chi connectivity index (χ2n) is 7.30. The number of hydrogen-bond acceptors (Lipinski definition) is 7. The molecule has 2 amide bonds. The van der Waals surface area contributed by atoms with Gasteiger partial charge in [-0.3, -0.25) is 4.79 Å². The van der Waals surface area contributed by atoms with Crippen LogP contribution in [0, 0.1) is 12.3 Å². The summed E-state index contributed by atoms with van der Waals surface area (Å²) in [5.41, 5.74) is 4.53. The van der Waals surface area contributed by atoms with Crippen LogP contribution >= 0.6 is 15.9 Å². The van der Waals surface area contributed by atoms with Crippen LogP contribution < -0.4 is 20.2 Å². The first-order chi connectivity index (χ1) is 17.5. The van der Waals surface area contributed by atoms with E-state index in [9.17, 15) is 9.59 Å². The summed E-state index contributed by atoms with van der Waals surface area (Å²) in [5.74, 6) is 2.74. The van der Waals surface area contributed by atoms with Crippen LogP contribution in [0.1, 0.15) is 16.8 Å². The SMILES string of the molecule is C#CCOc1c(Br)cc(/C=N\NC(=O)[C@H](Cc2cnc[nH]2)NC(=O)OCc2ccccc2)cc1OC. The number of hydrogen-bond donors (Lipinski definition) is 3. The van der Waals surface area contributed by atoms with Gasteiger partial charge >= 0.3 is 6.09 Å². The number of aromatic nitrogens is 2. The van der Waals surface area contributed by atoms with Crippen molar-refractivity contribution in [3.8, 4) is 23.8 Å². The smallest absolute Gasteiger partial charge is 0.408 e. The number of benzene rings is 2. The van der Waals surface area contributed by atoms with E-state index in [1.165, 1.54) is 19.7 Å². The van der Waals surface area contributed by atoms with Gasteiger partial charge in [-0.2, -0.15) is 5.10 Å². The Kier molecular flexibility index (Phi) is 9.90. The van der Waals surface area contributed by atoms with Crippen LogP contribution in [0.15, 0.2) is 64.6 Å². The fourth-order valence-electron chi connectivity index (χ4n) is 3.05. The Morgan fingerprint density at radius 3 is 2.81 bits per heavy atom. The lowest BCUT2D eigenvalue weighted by Crippen LogP contribution is -2.47. The van der Waals surface area contributed by atoms with Crippen LogP contribution in [0.5, 0.6) is 11.5 Å². The predicted molar refractivity (Wildman–Crippen MR) is 137 cm³/mol. The summed E-state index contributed by atoms with van der Waals surface area (Å²) < 4.78 is 16.7. The molecule has 0 aliphatic heterocycles. The number of ether oxygens (including phenoxy) is 3. The molecule has 1 aromatic heterocycles. The first kappa shape index (κ1) is 26.3. The molecule has 0 bridgehead atoms. The van der Waals surface area contributed by atoms with Crippen molar-refractivity contribution in [3.63, 3.8) is 0 Å². The highest BCUT2D eigenvalue weighted by Gasteiger charge is 2.22. The van der Waals surface area contributed by atoms with Gasteiger partial charge in [0.25, 0.3) is 5.91 Å². The van der Waals surface area contributed by atoms with Gasteiger partial charge in [0.2, 0.25) is 0 Å². The van der Waals surface area contributed by atoms with E-state index in [1.807, 2.05) is 30.3 Å². The molecule has 3 N–H and O–H groups in total. The number of H-pyrrole nitrogens is 1. The average Bonchev–Trinajstić information content (AvgIpc) is 3.40. The number of aromatic amines is 1. The molecule has 11 heteroatoms. The Morgan fingerprint density at radius 2 is 2.11 bits per heavy atom. The molecule has 2 aromatic carbocycles. The molecule has 0 unspecified atom stereocenters. The van der Waals surface area contributed by atoms with Crippen molar-refractivity contribution >= 4 is 34.1 Å². The summed E-state index contributed by atoms with van der Waals surface area (Å²) in [4.78, 5) is 32.0. The number of methoxy groups -OCH3 is 1. The van der Waals surface area contributed by atoms with Gasteiger partial charge in [0.05, 0.1) is 24.1 Å². The third-order valence-corrected chi connectivity index (χ3v) is 5.33. The Hall–Kier alpha value is -4.30. The number of carbonyl (C=O) groups is 2. The van der Waals surface area contributed by atoms with E-state index in [0.29, 0.717) is 27.2 Å². The number of alkyl carbamates (subject to hydrolysis) is 1. The summed E-state index contributed by atoms with van der Waals surface area (Å²) in [6, 6.07) is 11.6. The van der Waals surface area contributed by atoms with Crippen molar-refractivity contribution in [2.75, 3.05) is 13.7 Å². The van der Waals surface area contributed by atoms with Gasteiger partial charge in [-0.25, -0.2) is 15.2 Å². The van der Waals surface area contributed by atoms with Gasteiger partial charge in [-0.05, 0) is 39.2 Å². The van der Waals surface area contributed by atoms with Crippen LogP contribution in [-0.2, 0) is 22.6 Å². The van der Waals surface area contributed by atoms with E-state index >= 15 is 0 Å². The molecule has 186 valence electrons. The van der Waals surface area contributed by atoms with Crippen molar-refractivity contribution in [1.82, 2.24) is 20.7 Å². The zero-order valence-electron chi connectivity index (χ0n) is 19.4. The Balaban J connectivity index is 1.64. The second kappa shape index (κ2) is 13.6. The number of halogens is 1. The highest BCUT2D eigenvalue weighted by atomic mass is 79.9. The fourth-order valence-corrected chi connectivity index (χ4v) is 3.62. The standard InChI is InChI=1S/C25H24BrN5O5/c1-3-9-35-23-20(26)10-18(11-22(23)34-2)13-29-31-24(32)21(12-19-14-27-16-28-19)30-25(33)36-15-17-7-5-4-6-8-17/h1,4-8,10-11,13-14,16,21H,9,12,15H2,2H3,(H,27,28)(H,30,33)(H,31,32)/b29-13-/t21-/m0/s1. The maximum absolute atomic E-state index is 12.8. The van der Waals surface area contributed by atoms with Crippen molar-refractivity contribution in [2.24, 2.45) is 5.10 Å². The second-order valence-corrected chi connectivity index (χ2v) is 8.16. The topological polar surface area (TPSA) is 127 Å². The van der Waals surface area contributed by atoms with Crippen LogP contribution in [0.3, 0.4) is 0 Å². The molecule has 1 atom stereocenters. The largest absolute Gasteiger partial charge is 0.493 e. The van der Waals surface area contributed by atoms with Gasteiger partial charge in [0, 0.05) is 18.3 Å². The summed E-state index contributed by atoms with van der Waals surface area (Å²) in [7, 11) is 1.50. The molecule has 0 aliphatic carbocycles. The summed E-state index contributed by atoms with van der Waals surface area (Å²) in [5, 5.41) is 6.58. The molecule has 10 nitrogen and oxygen atoms in total. The number of terminal acetylenes is 1. The highest BCUT2D eigenvalue weighted by molar-refractivity contribution is 9.10. The van der Waals surface area contributed by atoms with Crippen LogP contribution in [0.4, 0.5) is 4.79 Å². The number of imidazole rings is 1. The molecule has 0 spiro atoms. The number of nitrogens with one attached hydrogen (secondary N) is 3. The van der Waals surface area contributed by atoms with Crippen LogP contribution in [0.2, 0.25) is 0 Å². The molecule has 0 radical (unpaired) electrons. The lowest BCUT2D eigenvalue weighted by Gasteiger charge is -2.16. The zero-order valence-corrected chi connectivity index (χ0v) is 20.9. The predicted octanol–water partition coefficient (Wildman–Crippen LogP) is 3.18. The van der Waals surface area contributed by atoms with Crippen LogP contribution in [0.25, 0.3) is 0 Å². The van der Waals surface area contributed by atoms with E-state index < -0.39 is 18.0 Å². The van der Waals surface area contributed by atoms with Gasteiger partial charge in [0.1, 0.15) is 19.3 Å². The fraction of sp³-hybridized carbons (Fsp3) is 0.200. The number of carbonyl (C=O) groups excluding carboxylic acids is 2. The van der Waals surface area contributed by atoms with E-state index in [-0.39, 0.29) is 19.6 Å². The third-order valence-electron chi connectivity index (χ3n) is 4.74. The van der Waals surface area contributed by atoms with Gasteiger partial charge in [-0.1, -0.05) is 36.3 Å². The minimum absolute atomic E-state index is 0.0704. The van der Waals surface area contributed by atoms with Gasteiger partial charge in [-0.15, -0.1) is 6.42 Å². The number of amides is 2. The zero-order chi connectivity index (χ0) is 25.8. The lowest BCUT2D eigenvalue weighted by molar-refractivity contribution is -0.123. The summed E-state index contributed by atoms with van der Waals surface area (Å²) >= 11 is 3.41. The van der Waals surface area contributed by atoms with E-state index in [2.05, 4.69) is 47.7 Å². The number of hydrazone groups is 1. The van der Waals surface area contributed by atoms with E-state index in [1.54, 1.807) is 18.3 Å². The molecular weight excluding hydrogens is 530 g/mol. The molecule has 1 heterocycles. The quantitative estimate of drug-likeness (QED) is 0.190. The van der Waals surface area contributed by atoms with E-state index in [0.717, 1.165) is 5.56 Å². The van der Waals surface area contributed by atoms with E-state index in [4.69, 9.17) is 20.6 Å². The van der Waals surface area contributed by atoms with Crippen molar-refractivity contribution in [3.05, 3.63) is 76.3 Å². The Bertz CT molecular complexity index is 1230. The molecule has 36 heavy (non-hydrogen) atoms. The monoisotopic (exact) mass is 553 g/mol. The van der Waals surface area contributed by atoms with Crippen LogP contribution in [-0.4, -0.2) is 47.9 Å². The summed E-state index contributed by atoms with van der Waals surface area (Å²) in [6.45, 7) is 0.151. The third kappa shape index (κ3) is 7.89. The molecule has 0 saturated heterocycles. The first-order valence-electron chi connectivity index (χ1n) is 10.7. The number of nitrogens with zero attached hydrogens (tertiary/aromatic N) is 2. The van der Waals surface area contributed by atoms with Crippen molar-refractivity contribution < 1.29 is 23.8 Å². The Morgan fingerprint density at radius 1 is 1.31 bits per heavy atom. The minimum atomic E-state index is -0.966. The summed E-state index contributed by atoms with van der Waals surface area (Å²) in [6.07, 6.45) is 9.14. The minimum Gasteiger partial charge on any atom is -0.493 e.